The summed E-state index contributed by atoms with van der Waals surface area (Å²) >= 11 is 0. The lowest BCUT2D eigenvalue weighted by Gasteiger charge is -2.30. The van der Waals surface area contributed by atoms with Crippen molar-refractivity contribution >= 4 is 0 Å². The monoisotopic (exact) mass is 327 g/mol. The predicted molar refractivity (Wildman–Crippen MR) is 91.4 cm³/mol. The van der Waals surface area contributed by atoms with Crippen LogP contribution < -0.4 is 4.74 Å². The normalized spacial score (nSPS) is 19.6. The molecule has 2 heterocycles. The van der Waals surface area contributed by atoms with E-state index in [9.17, 15) is 0 Å². The van der Waals surface area contributed by atoms with E-state index in [2.05, 4.69) is 34.1 Å². The van der Waals surface area contributed by atoms with Gasteiger partial charge in [0.15, 0.2) is 5.82 Å². The highest BCUT2D eigenvalue weighted by Gasteiger charge is 2.33. The van der Waals surface area contributed by atoms with Crippen LogP contribution in [0.1, 0.15) is 54.4 Å². The van der Waals surface area contributed by atoms with Crippen molar-refractivity contribution in [2.75, 3.05) is 20.2 Å². The molecule has 5 nitrogen and oxygen atoms in total. The zero-order chi connectivity index (χ0) is 16.5. The maximum Gasteiger partial charge on any atom is 0.229 e. The smallest absolute Gasteiger partial charge is 0.229 e. The van der Waals surface area contributed by atoms with E-state index in [0.29, 0.717) is 12.3 Å². The third kappa shape index (κ3) is 3.31. The van der Waals surface area contributed by atoms with Gasteiger partial charge in [0.05, 0.1) is 7.11 Å². The average Bonchev–Trinajstić information content (AvgIpc) is 3.35. The van der Waals surface area contributed by atoms with Crippen LogP contribution in [0, 0.1) is 6.92 Å². The van der Waals surface area contributed by atoms with Gasteiger partial charge >= 0.3 is 0 Å². The van der Waals surface area contributed by atoms with E-state index in [-0.39, 0.29) is 0 Å². The molecule has 5 heteroatoms. The first-order valence-corrected chi connectivity index (χ1v) is 8.93. The fraction of sp³-hybridized carbons (Fsp3) is 0.579. The van der Waals surface area contributed by atoms with Crippen molar-refractivity contribution in [3.63, 3.8) is 0 Å². The summed E-state index contributed by atoms with van der Waals surface area (Å²) in [4.78, 5) is 7.28. The number of likely N-dealkylation sites (tertiary alicyclic amines) is 1. The summed E-state index contributed by atoms with van der Waals surface area (Å²) in [6.07, 6.45) is 5.68. The minimum atomic E-state index is 0.417. The first kappa shape index (κ1) is 15.6. The lowest BCUT2D eigenvalue weighted by Crippen LogP contribution is -2.34. The highest BCUT2D eigenvalue weighted by Crippen LogP contribution is 2.34. The third-order valence-electron chi connectivity index (χ3n) is 5.21. The highest BCUT2D eigenvalue weighted by atomic mass is 16.5. The molecule has 0 bridgehead atoms. The van der Waals surface area contributed by atoms with Gasteiger partial charge in [0, 0.05) is 23.9 Å². The third-order valence-corrected chi connectivity index (χ3v) is 5.21. The van der Waals surface area contributed by atoms with Crippen molar-refractivity contribution in [3.05, 3.63) is 41.0 Å². The fourth-order valence-electron chi connectivity index (χ4n) is 3.67. The van der Waals surface area contributed by atoms with Crippen molar-refractivity contribution in [1.29, 1.82) is 0 Å². The summed E-state index contributed by atoms with van der Waals surface area (Å²) in [7, 11) is 1.70. The molecule has 1 aromatic carbocycles. The van der Waals surface area contributed by atoms with Crippen molar-refractivity contribution in [2.24, 2.45) is 0 Å². The summed E-state index contributed by atoms with van der Waals surface area (Å²) in [5.74, 6) is 2.86. The Bertz CT molecular complexity index is 700. The molecule has 0 N–H and O–H groups in total. The van der Waals surface area contributed by atoms with E-state index in [1.54, 1.807) is 7.11 Å². The Labute approximate surface area is 143 Å². The number of piperidine rings is 1. The van der Waals surface area contributed by atoms with Crippen LogP contribution in [0.15, 0.2) is 22.7 Å². The number of benzene rings is 1. The fourth-order valence-corrected chi connectivity index (χ4v) is 3.67. The first-order chi connectivity index (χ1) is 11.7. The minimum absolute atomic E-state index is 0.417. The molecule has 0 atom stereocenters. The lowest BCUT2D eigenvalue weighted by molar-refractivity contribution is 0.186. The molecule has 0 spiro atoms. The maximum absolute atomic E-state index is 5.57. The van der Waals surface area contributed by atoms with Crippen molar-refractivity contribution in [3.8, 4) is 5.75 Å². The number of hydrogen-bond acceptors (Lipinski definition) is 5. The first-order valence-electron chi connectivity index (χ1n) is 8.93. The molecular weight excluding hydrogens is 302 g/mol. The topological polar surface area (TPSA) is 51.4 Å². The van der Waals surface area contributed by atoms with E-state index >= 15 is 0 Å². The van der Waals surface area contributed by atoms with Gasteiger partial charge in [-0.25, -0.2) is 0 Å². The van der Waals surface area contributed by atoms with E-state index in [1.807, 2.05) is 6.07 Å². The highest BCUT2D eigenvalue weighted by molar-refractivity contribution is 5.38. The van der Waals surface area contributed by atoms with Crippen LogP contribution >= 0.6 is 0 Å². The van der Waals surface area contributed by atoms with Crippen molar-refractivity contribution in [1.82, 2.24) is 15.0 Å². The van der Waals surface area contributed by atoms with E-state index in [0.717, 1.165) is 41.9 Å². The van der Waals surface area contributed by atoms with Crippen LogP contribution in [-0.2, 0) is 6.42 Å². The lowest BCUT2D eigenvalue weighted by atomic mass is 9.96. The van der Waals surface area contributed by atoms with Gasteiger partial charge in [-0.2, -0.15) is 4.98 Å². The molecule has 1 saturated heterocycles. The minimum Gasteiger partial charge on any atom is -0.496 e. The Morgan fingerprint density at radius 2 is 2.00 bits per heavy atom. The molecule has 4 rings (SSSR count). The molecule has 2 aliphatic rings. The molecular formula is C19H25N3O2. The van der Waals surface area contributed by atoms with Crippen LogP contribution in [0.25, 0.3) is 0 Å². The summed E-state index contributed by atoms with van der Waals surface area (Å²) < 4.78 is 11.0. The number of aryl methyl sites for hydroxylation is 1. The molecule has 1 aliphatic carbocycles. The zero-order valence-corrected chi connectivity index (χ0v) is 14.5. The van der Waals surface area contributed by atoms with Gasteiger partial charge < -0.3 is 14.2 Å². The van der Waals surface area contributed by atoms with E-state index in [1.165, 1.54) is 31.5 Å². The van der Waals surface area contributed by atoms with Gasteiger partial charge in [0.2, 0.25) is 5.89 Å². The average molecular weight is 327 g/mol. The Hall–Kier alpha value is -1.88. The van der Waals surface area contributed by atoms with Crippen LogP contribution in [0.5, 0.6) is 5.75 Å². The largest absolute Gasteiger partial charge is 0.496 e. The van der Waals surface area contributed by atoms with Gasteiger partial charge in [0.25, 0.3) is 0 Å². The molecule has 0 unspecified atom stereocenters. The second-order valence-electron chi connectivity index (χ2n) is 7.08. The van der Waals surface area contributed by atoms with E-state index < -0.39 is 0 Å². The predicted octanol–water partition coefficient (Wildman–Crippen LogP) is 3.32. The molecule has 2 aromatic rings. The second kappa shape index (κ2) is 6.55. The van der Waals surface area contributed by atoms with Gasteiger partial charge in [-0.15, -0.1) is 0 Å². The molecule has 0 amide bonds. The molecule has 1 aliphatic heterocycles. The number of methoxy groups -OCH3 is 1. The van der Waals surface area contributed by atoms with Gasteiger partial charge in [-0.1, -0.05) is 22.9 Å². The van der Waals surface area contributed by atoms with Crippen molar-refractivity contribution in [2.45, 2.75) is 51.0 Å². The number of nitrogens with zero attached hydrogens (tertiary/aromatic N) is 3. The number of ether oxygens (including phenoxy) is 1. The number of aromatic nitrogens is 2. The molecule has 1 aromatic heterocycles. The Morgan fingerprint density at radius 1 is 1.21 bits per heavy atom. The zero-order valence-electron chi connectivity index (χ0n) is 14.5. The summed E-state index contributed by atoms with van der Waals surface area (Å²) in [5.41, 5.74) is 2.32. The van der Waals surface area contributed by atoms with Gasteiger partial charge in [-0.3, -0.25) is 0 Å². The van der Waals surface area contributed by atoms with Crippen LogP contribution in [0.2, 0.25) is 0 Å². The molecule has 128 valence electrons. The summed E-state index contributed by atoms with van der Waals surface area (Å²) in [5, 5.41) is 4.20. The Kier molecular flexibility index (Phi) is 4.27. The second-order valence-corrected chi connectivity index (χ2v) is 7.08. The summed E-state index contributed by atoms with van der Waals surface area (Å²) in [6.45, 7) is 4.41. The summed E-state index contributed by atoms with van der Waals surface area (Å²) in [6, 6.07) is 7.04. The Balaban J connectivity index is 1.42. The molecule has 0 radical (unpaired) electrons. The quantitative estimate of drug-likeness (QED) is 0.843. The van der Waals surface area contributed by atoms with Crippen LogP contribution in [-0.4, -0.2) is 41.3 Å². The number of hydrogen-bond donors (Lipinski definition) is 0. The van der Waals surface area contributed by atoms with Gasteiger partial charge in [-0.05, 0) is 51.8 Å². The maximum atomic E-state index is 5.57. The Morgan fingerprint density at radius 3 is 2.71 bits per heavy atom. The molecule has 2 fully saturated rings. The molecule has 1 saturated carbocycles. The number of rotatable bonds is 5. The van der Waals surface area contributed by atoms with Gasteiger partial charge in [0.1, 0.15) is 5.75 Å². The van der Waals surface area contributed by atoms with Crippen LogP contribution in [0.3, 0.4) is 0 Å². The van der Waals surface area contributed by atoms with E-state index in [4.69, 9.17) is 9.26 Å². The standard InChI is InChI=1S/C19H25N3O2/c1-13-3-6-17(23-2)15(11-13)12-18-20-19(24-21-18)14-7-9-22(10-8-14)16-4-5-16/h3,6,11,14,16H,4-5,7-10,12H2,1-2H3. The molecule has 24 heavy (non-hydrogen) atoms. The van der Waals surface area contributed by atoms with Crippen LogP contribution in [0.4, 0.5) is 0 Å². The van der Waals surface area contributed by atoms with Crippen molar-refractivity contribution < 1.29 is 9.26 Å². The SMILES string of the molecule is COc1ccc(C)cc1Cc1noc(C2CCN(C3CC3)CC2)n1.